The molecule has 2 rings (SSSR count). The molecule has 4 nitrogen and oxygen atoms in total. The Morgan fingerprint density at radius 3 is 2.83 bits per heavy atom. The number of rotatable bonds is 2. The quantitative estimate of drug-likeness (QED) is 0.903. The number of benzene rings is 1. The second-order valence-electron chi connectivity index (χ2n) is 3.58. The third-order valence-electron chi connectivity index (χ3n) is 2.14. The molecule has 0 unspecified atom stereocenters. The summed E-state index contributed by atoms with van der Waals surface area (Å²) in [4.78, 5) is 8.05. The molecule has 0 amide bonds. The summed E-state index contributed by atoms with van der Waals surface area (Å²) in [6, 6.07) is 7.40. The van der Waals surface area contributed by atoms with Crippen LogP contribution in [0.2, 0.25) is 5.02 Å². The van der Waals surface area contributed by atoms with E-state index in [-0.39, 0.29) is 11.6 Å². The zero-order chi connectivity index (χ0) is 13.1. The molecule has 90 valence electrons. The fourth-order valence-corrected chi connectivity index (χ4v) is 1.56. The van der Waals surface area contributed by atoms with Crippen molar-refractivity contribution in [3.05, 3.63) is 46.5 Å². The van der Waals surface area contributed by atoms with E-state index in [1.807, 2.05) is 6.07 Å². The Hall–Kier alpha value is -2.19. The highest BCUT2D eigenvalue weighted by molar-refractivity contribution is 6.33. The molecule has 0 aliphatic heterocycles. The van der Waals surface area contributed by atoms with Gasteiger partial charge in [-0.15, -0.1) is 0 Å². The highest BCUT2D eigenvalue weighted by Crippen LogP contribution is 2.24. The lowest BCUT2D eigenvalue weighted by Crippen LogP contribution is -2.01. The van der Waals surface area contributed by atoms with Crippen LogP contribution in [0.5, 0.6) is 0 Å². The molecule has 1 aromatic heterocycles. The molecule has 0 radical (unpaired) electrons. The van der Waals surface area contributed by atoms with Gasteiger partial charge in [0.15, 0.2) is 0 Å². The molecule has 2 aromatic rings. The molecule has 0 aliphatic carbocycles. The summed E-state index contributed by atoms with van der Waals surface area (Å²) in [6.45, 7) is 1.74. The molecule has 1 N–H and O–H groups in total. The van der Waals surface area contributed by atoms with Gasteiger partial charge in [0.05, 0.1) is 10.7 Å². The number of anilines is 2. The Morgan fingerprint density at radius 1 is 1.33 bits per heavy atom. The van der Waals surface area contributed by atoms with Gasteiger partial charge in [-0.3, -0.25) is 0 Å². The van der Waals surface area contributed by atoms with Crippen LogP contribution in [-0.2, 0) is 0 Å². The minimum Gasteiger partial charge on any atom is -0.323 e. The molecule has 0 aliphatic rings. The Morgan fingerprint density at radius 2 is 2.11 bits per heavy atom. The summed E-state index contributed by atoms with van der Waals surface area (Å²) < 4.78 is 13.1. The molecule has 18 heavy (non-hydrogen) atoms. The molecule has 0 spiro atoms. The van der Waals surface area contributed by atoms with Gasteiger partial charge < -0.3 is 5.32 Å². The van der Waals surface area contributed by atoms with Crippen molar-refractivity contribution in [1.82, 2.24) is 9.97 Å². The third-order valence-corrected chi connectivity index (χ3v) is 2.47. The molecular weight excluding hydrogens is 255 g/mol. The van der Waals surface area contributed by atoms with Gasteiger partial charge in [-0.1, -0.05) is 11.6 Å². The first-order chi connectivity index (χ1) is 8.58. The van der Waals surface area contributed by atoms with E-state index in [4.69, 9.17) is 16.9 Å². The maximum Gasteiger partial charge on any atom is 0.228 e. The minimum absolute atomic E-state index is 0.207. The van der Waals surface area contributed by atoms with E-state index < -0.39 is 5.82 Å². The minimum atomic E-state index is -0.421. The SMILES string of the molecule is Cc1cc(C#N)nc(Nc2cc(F)ccc2Cl)n1. The molecular formula is C12H8ClFN4. The van der Waals surface area contributed by atoms with Crippen LogP contribution in [0.25, 0.3) is 0 Å². The Balaban J connectivity index is 2.37. The Bertz CT molecular complexity index is 636. The van der Waals surface area contributed by atoms with Crippen LogP contribution in [0, 0.1) is 24.1 Å². The highest BCUT2D eigenvalue weighted by atomic mass is 35.5. The normalized spacial score (nSPS) is 9.89. The molecule has 0 atom stereocenters. The number of halogens is 2. The van der Waals surface area contributed by atoms with Crippen LogP contribution in [-0.4, -0.2) is 9.97 Å². The van der Waals surface area contributed by atoms with Crippen molar-refractivity contribution in [1.29, 1.82) is 5.26 Å². The number of nitriles is 1. The number of aromatic nitrogens is 2. The summed E-state index contributed by atoms with van der Waals surface area (Å²) >= 11 is 5.91. The van der Waals surface area contributed by atoms with E-state index in [2.05, 4.69) is 15.3 Å². The van der Waals surface area contributed by atoms with Crippen molar-refractivity contribution in [2.75, 3.05) is 5.32 Å². The van der Waals surface area contributed by atoms with E-state index in [0.29, 0.717) is 16.4 Å². The summed E-state index contributed by atoms with van der Waals surface area (Å²) in [7, 11) is 0. The van der Waals surface area contributed by atoms with E-state index in [1.165, 1.54) is 18.2 Å². The van der Waals surface area contributed by atoms with Gasteiger partial charge in [0.1, 0.15) is 17.6 Å². The van der Waals surface area contributed by atoms with Crippen LogP contribution in [0.3, 0.4) is 0 Å². The lowest BCUT2D eigenvalue weighted by atomic mass is 10.3. The van der Waals surface area contributed by atoms with Gasteiger partial charge in [0.2, 0.25) is 5.95 Å². The smallest absolute Gasteiger partial charge is 0.228 e. The maximum atomic E-state index is 13.1. The Kier molecular flexibility index (Phi) is 3.40. The number of nitrogens with zero attached hydrogens (tertiary/aromatic N) is 3. The van der Waals surface area contributed by atoms with E-state index in [0.717, 1.165) is 0 Å². The molecule has 0 bridgehead atoms. The van der Waals surface area contributed by atoms with Gasteiger partial charge in [0, 0.05) is 5.69 Å². The van der Waals surface area contributed by atoms with Crippen molar-refractivity contribution >= 4 is 23.2 Å². The average molecular weight is 263 g/mol. The summed E-state index contributed by atoms with van der Waals surface area (Å²) in [5, 5.41) is 11.9. The van der Waals surface area contributed by atoms with Crippen LogP contribution >= 0.6 is 11.6 Å². The van der Waals surface area contributed by atoms with E-state index in [9.17, 15) is 4.39 Å². The zero-order valence-electron chi connectivity index (χ0n) is 9.41. The second-order valence-corrected chi connectivity index (χ2v) is 3.99. The van der Waals surface area contributed by atoms with Gasteiger partial charge in [-0.05, 0) is 31.2 Å². The van der Waals surface area contributed by atoms with E-state index >= 15 is 0 Å². The van der Waals surface area contributed by atoms with Crippen LogP contribution in [0.1, 0.15) is 11.4 Å². The molecule has 0 saturated carbocycles. The second kappa shape index (κ2) is 4.98. The summed E-state index contributed by atoms with van der Waals surface area (Å²) in [5.74, 6) is -0.214. The third kappa shape index (κ3) is 2.73. The number of hydrogen-bond acceptors (Lipinski definition) is 4. The molecule has 6 heteroatoms. The maximum absolute atomic E-state index is 13.1. The lowest BCUT2D eigenvalue weighted by molar-refractivity contribution is 0.628. The monoisotopic (exact) mass is 262 g/mol. The number of hydrogen-bond donors (Lipinski definition) is 1. The van der Waals surface area contributed by atoms with Crippen molar-refractivity contribution < 1.29 is 4.39 Å². The standard InChI is InChI=1S/C12H8ClFN4/c1-7-4-9(6-15)17-12(16-7)18-11-5-8(14)2-3-10(11)13/h2-5H,1H3,(H,16,17,18). The van der Waals surface area contributed by atoms with Gasteiger partial charge in [-0.25, -0.2) is 14.4 Å². The van der Waals surface area contributed by atoms with Gasteiger partial charge >= 0.3 is 0 Å². The van der Waals surface area contributed by atoms with Crippen molar-refractivity contribution in [3.63, 3.8) is 0 Å². The molecule has 0 saturated heterocycles. The van der Waals surface area contributed by atoms with E-state index in [1.54, 1.807) is 13.0 Å². The number of aryl methyl sites for hydroxylation is 1. The van der Waals surface area contributed by atoms with Gasteiger partial charge in [-0.2, -0.15) is 5.26 Å². The predicted octanol–water partition coefficient (Wildman–Crippen LogP) is 3.19. The Labute approximate surface area is 108 Å². The van der Waals surface area contributed by atoms with Gasteiger partial charge in [0.25, 0.3) is 0 Å². The molecule has 0 fully saturated rings. The van der Waals surface area contributed by atoms with Crippen LogP contribution < -0.4 is 5.32 Å². The summed E-state index contributed by atoms with van der Waals surface area (Å²) in [5.41, 5.74) is 1.22. The fourth-order valence-electron chi connectivity index (χ4n) is 1.40. The zero-order valence-corrected chi connectivity index (χ0v) is 10.2. The van der Waals surface area contributed by atoms with Crippen molar-refractivity contribution in [2.45, 2.75) is 6.92 Å². The van der Waals surface area contributed by atoms with Crippen LogP contribution in [0.15, 0.2) is 24.3 Å². The first kappa shape index (κ1) is 12.3. The van der Waals surface area contributed by atoms with Crippen molar-refractivity contribution in [3.8, 4) is 6.07 Å². The molecule has 1 aromatic carbocycles. The predicted molar refractivity (Wildman–Crippen MR) is 66.2 cm³/mol. The molecule has 1 heterocycles. The van der Waals surface area contributed by atoms with Crippen molar-refractivity contribution in [2.24, 2.45) is 0 Å². The lowest BCUT2D eigenvalue weighted by Gasteiger charge is -2.07. The first-order valence-corrected chi connectivity index (χ1v) is 5.44. The largest absolute Gasteiger partial charge is 0.323 e. The fraction of sp³-hybridized carbons (Fsp3) is 0.0833. The highest BCUT2D eigenvalue weighted by Gasteiger charge is 2.06. The topological polar surface area (TPSA) is 61.6 Å². The average Bonchev–Trinajstić information content (AvgIpc) is 2.33. The van der Waals surface area contributed by atoms with Crippen LogP contribution in [0.4, 0.5) is 16.0 Å². The first-order valence-electron chi connectivity index (χ1n) is 5.06. The number of nitrogens with one attached hydrogen (secondary N) is 1. The summed E-state index contributed by atoms with van der Waals surface area (Å²) in [6.07, 6.45) is 0.